The molecule has 4 aliphatic carbocycles. The molecule has 0 aromatic carbocycles. The standard InChI is InChI=1S/C22H28O3/c1-13-10-18-16-5-4-14-11-15(24)6-8-21(14,2)17(16)7-9-22(18,3)20(13)19(25)12-23/h6-8,11,13,16,18,20,23H,4-5,9-10,12H2,1-3H3/t13-,16?,18?,20-,21?,22+/m1/s1. The van der Waals surface area contributed by atoms with Crippen molar-refractivity contribution < 1.29 is 14.7 Å². The maximum absolute atomic E-state index is 12.4. The van der Waals surface area contributed by atoms with E-state index in [0.717, 1.165) is 25.7 Å². The van der Waals surface area contributed by atoms with Crippen LogP contribution >= 0.6 is 0 Å². The van der Waals surface area contributed by atoms with Crippen LogP contribution in [-0.2, 0) is 9.59 Å². The molecule has 0 heterocycles. The highest BCUT2D eigenvalue weighted by atomic mass is 16.3. The zero-order valence-electron chi connectivity index (χ0n) is 15.4. The highest BCUT2D eigenvalue weighted by Crippen LogP contribution is 2.65. The smallest absolute Gasteiger partial charge is 0.178 e. The molecule has 3 unspecified atom stereocenters. The Balaban J connectivity index is 1.75. The number of Topliss-reactive ketones (excluding diaryl/α,β-unsaturated/α-hetero) is 1. The molecule has 134 valence electrons. The summed E-state index contributed by atoms with van der Waals surface area (Å²) in [6.45, 7) is 6.35. The Morgan fingerprint density at radius 1 is 1.36 bits per heavy atom. The fourth-order valence-corrected chi connectivity index (χ4v) is 6.67. The van der Waals surface area contributed by atoms with Crippen LogP contribution in [0.15, 0.2) is 35.5 Å². The summed E-state index contributed by atoms with van der Waals surface area (Å²) < 4.78 is 0. The normalized spacial score (nSPS) is 45.2. The van der Waals surface area contributed by atoms with Gasteiger partial charge in [0.1, 0.15) is 6.61 Å². The minimum atomic E-state index is -0.339. The van der Waals surface area contributed by atoms with Gasteiger partial charge in [0.15, 0.2) is 11.6 Å². The van der Waals surface area contributed by atoms with Crippen LogP contribution in [0, 0.1) is 34.5 Å². The Kier molecular flexibility index (Phi) is 3.74. The van der Waals surface area contributed by atoms with Crippen molar-refractivity contribution in [3.63, 3.8) is 0 Å². The van der Waals surface area contributed by atoms with Crippen LogP contribution in [0.4, 0.5) is 0 Å². The van der Waals surface area contributed by atoms with Crippen molar-refractivity contribution in [3.8, 4) is 0 Å². The molecule has 6 atom stereocenters. The molecule has 0 radical (unpaired) electrons. The molecule has 25 heavy (non-hydrogen) atoms. The summed E-state index contributed by atoms with van der Waals surface area (Å²) in [5.74, 6) is 1.39. The molecule has 3 nitrogen and oxygen atoms in total. The maximum Gasteiger partial charge on any atom is 0.178 e. The van der Waals surface area contributed by atoms with Crippen LogP contribution in [0.5, 0.6) is 0 Å². The van der Waals surface area contributed by atoms with Crippen molar-refractivity contribution in [1.82, 2.24) is 0 Å². The highest BCUT2D eigenvalue weighted by molar-refractivity contribution is 6.01. The van der Waals surface area contributed by atoms with Gasteiger partial charge in [-0.25, -0.2) is 0 Å². The maximum atomic E-state index is 12.4. The molecule has 0 amide bonds. The fourth-order valence-electron chi connectivity index (χ4n) is 6.67. The Bertz CT molecular complexity index is 728. The van der Waals surface area contributed by atoms with E-state index in [9.17, 15) is 14.7 Å². The second-order valence-corrected chi connectivity index (χ2v) is 9.04. The quantitative estimate of drug-likeness (QED) is 0.781. The van der Waals surface area contributed by atoms with Crippen LogP contribution in [0.2, 0.25) is 0 Å². The van der Waals surface area contributed by atoms with Gasteiger partial charge in [-0.3, -0.25) is 9.59 Å². The van der Waals surface area contributed by atoms with Gasteiger partial charge in [0.25, 0.3) is 0 Å². The molecule has 0 spiro atoms. The van der Waals surface area contributed by atoms with Gasteiger partial charge in [-0.05, 0) is 67.9 Å². The SMILES string of the molecule is C[C@@H]1CC2C3CCC4=CC(=O)C=CC4(C)C3=CC[C@]2(C)[C@H]1C(=O)CO. The number of carbonyl (C=O) groups is 2. The van der Waals surface area contributed by atoms with Crippen LogP contribution in [0.1, 0.15) is 46.5 Å². The van der Waals surface area contributed by atoms with E-state index in [-0.39, 0.29) is 34.9 Å². The molecule has 4 rings (SSSR count). The van der Waals surface area contributed by atoms with E-state index in [1.54, 1.807) is 6.08 Å². The van der Waals surface area contributed by atoms with Gasteiger partial charge in [-0.2, -0.15) is 0 Å². The van der Waals surface area contributed by atoms with E-state index in [4.69, 9.17) is 0 Å². The van der Waals surface area contributed by atoms with Gasteiger partial charge in [0.2, 0.25) is 0 Å². The first kappa shape index (κ1) is 17.0. The van der Waals surface area contributed by atoms with E-state index >= 15 is 0 Å². The van der Waals surface area contributed by atoms with E-state index in [0.29, 0.717) is 17.8 Å². The average Bonchev–Trinajstić information content (AvgIpc) is 2.85. The van der Waals surface area contributed by atoms with Crippen molar-refractivity contribution in [2.45, 2.75) is 46.5 Å². The van der Waals surface area contributed by atoms with E-state index in [1.165, 1.54) is 11.1 Å². The van der Waals surface area contributed by atoms with Crippen LogP contribution < -0.4 is 0 Å². The van der Waals surface area contributed by atoms with Gasteiger partial charge in [0, 0.05) is 11.3 Å². The van der Waals surface area contributed by atoms with Crippen molar-refractivity contribution in [1.29, 1.82) is 0 Å². The Hall–Kier alpha value is -1.48. The predicted molar refractivity (Wildman–Crippen MR) is 96.7 cm³/mol. The number of rotatable bonds is 2. The predicted octanol–water partition coefficient (Wildman–Crippen LogP) is 3.64. The minimum Gasteiger partial charge on any atom is -0.389 e. The second-order valence-electron chi connectivity index (χ2n) is 9.04. The Morgan fingerprint density at radius 2 is 2.12 bits per heavy atom. The first-order chi connectivity index (χ1) is 11.8. The van der Waals surface area contributed by atoms with Crippen molar-refractivity contribution in [2.24, 2.45) is 34.5 Å². The lowest BCUT2D eigenvalue weighted by Crippen LogP contribution is -2.45. The van der Waals surface area contributed by atoms with Crippen molar-refractivity contribution >= 4 is 11.6 Å². The first-order valence-corrected chi connectivity index (χ1v) is 9.59. The number of ketones is 2. The molecule has 3 heteroatoms. The molecule has 4 aliphatic rings. The molecule has 0 aromatic heterocycles. The van der Waals surface area contributed by atoms with E-state index in [1.807, 2.05) is 6.08 Å². The molecular weight excluding hydrogens is 312 g/mol. The lowest BCUT2D eigenvalue weighted by molar-refractivity contribution is -0.131. The van der Waals surface area contributed by atoms with E-state index < -0.39 is 0 Å². The Labute approximate surface area is 149 Å². The van der Waals surface area contributed by atoms with Crippen molar-refractivity contribution in [3.05, 3.63) is 35.5 Å². The summed E-state index contributed by atoms with van der Waals surface area (Å²) in [6.07, 6.45) is 12.0. The lowest BCUT2D eigenvalue weighted by Gasteiger charge is -2.52. The van der Waals surface area contributed by atoms with E-state index in [2.05, 4.69) is 32.9 Å². The number of aliphatic hydroxyl groups is 1. The summed E-state index contributed by atoms with van der Waals surface area (Å²) in [4.78, 5) is 24.2. The molecule has 0 aromatic rings. The third-order valence-corrected chi connectivity index (χ3v) is 7.79. The summed E-state index contributed by atoms with van der Waals surface area (Å²) in [5.41, 5.74) is 2.54. The number of aliphatic hydroxyl groups excluding tert-OH is 1. The minimum absolute atomic E-state index is 0.0140. The van der Waals surface area contributed by atoms with Gasteiger partial charge >= 0.3 is 0 Å². The third kappa shape index (κ3) is 2.21. The van der Waals surface area contributed by atoms with Crippen LogP contribution in [-0.4, -0.2) is 23.3 Å². The monoisotopic (exact) mass is 340 g/mol. The van der Waals surface area contributed by atoms with Gasteiger partial charge < -0.3 is 5.11 Å². The largest absolute Gasteiger partial charge is 0.389 e. The van der Waals surface area contributed by atoms with Gasteiger partial charge in [-0.15, -0.1) is 0 Å². The summed E-state index contributed by atoms with van der Waals surface area (Å²) in [5, 5.41) is 9.46. The summed E-state index contributed by atoms with van der Waals surface area (Å²) >= 11 is 0. The van der Waals surface area contributed by atoms with Crippen molar-refractivity contribution in [2.75, 3.05) is 6.61 Å². The fraction of sp³-hybridized carbons (Fsp3) is 0.636. The number of fused-ring (bicyclic) bond motifs is 5. The zero-order chi connectivity index (χ0) is 18.0. The molecule has 0 bridgehead atoms. The topological polar surface area (TPSA) is 54.4 Å². The second kappa shape index (κ2) is 5.51. The number of carbonyl (C=O) groups excluding carboxylic acids is 2. The molecule has 2 fully saturated rings. The molecule has 1 N–H and O–H groups in total. The molecule has 2 saturated carbocycles. The summed E-state index contributed by atoms with van der Waals surface area (Å²) in [7, 11) is 0. The number of allylic oxidation sites excluding steroid dienone is 6. The molecule has 0 saturated heterocycles. The lowest BCUT2D eigenvalue weighted by atomic mass is 9.52. The first-order valence-electron chi connectivity index (χ1n) is 9.59. The van der Waals surface area contributed by atoms with Crippen LogP contribution in [0.25, 0.3) is 0 Å². The summed E-state index contributed by atoms with van der Waals surface area (Å²) in [6, 6.07) is 0. The number of hydrogen-bond donors (Lipinski definition) is 1. The van der Waals surface area contributed by atoms with Gasteiger partial charge in [0.05, 0.1) is 0 Å². The average molecular weight is 340 g/mol. The third-order valence-electron chi connectivity index (χ3n) is 7.79. The molecule has 0 aliphatic heterocycles. The number of hydrogen-bond acceptors (Lipinski definition) is 3. The molecular formula is C22H28O3. The van der Waals surface area contributed by atoms with Gasteiger partial charge in [-0.1, -0.05) is 37.1 Å². The van der Waals surface area contributed by atoms with Crippen LogP contribution in [0.3, 0.4) is 0 Å². The highest BCUT2D eigenvalue weighted by Gasteiger charge is 2.59. The Morgan fingerprint density at radius 3 is 2.84 bits per heavy atom. The zero-order valence-corrected chi connectivity index (χ0v) is 15.4.